The molecule has 1 atom stereocenters. The van der Waals surface area contributed by atoms with E-state index < -0.39 is 6.10 Å². The zero-order chi connectivity index (χ0) is 15.4. The third-order valence-corrected chi connectivity index (χ3v) is 4.16. The van der Waals surface area contributed by atoms with Crippen molar-refractivity contribution in [2.45, 2.75) is 31.8 Å². The molecule has 3 rings (SSSR count). The van der Waals surface area contributed by atoms with Crippen LogP contribution >= 0.6 is 0 Å². The maximum atomic E-state index is 9.50. The molecule has 122 valence electrons. The van der Waals surface area contributed by atoms with Gasteiger partial charge in [-0.15, -0.1) is 0 Å². The first-order valence-corrected chi connectivity index (χ1v) is 8.05. The summed E-state index contributed by atoms with van der Waals surface area (Å²) in [5.74, 6) is 1.29. The Bertz CT molecular complexity index is 506. The normalized spacial score (nSPS) is 19.6. The Morgan fingerprint density at radius 2 is 1.95 bits per heavy atom. The summed E-state index contributed by atoms with van der Waals surface area (Å²) in [5, 5.41) is 21.8. The molecule has 22 heavy (non-hydrogen) atoms. The molecule has 2 aliphatic rings. The molecule has 0 spiro atoms. The highest BCUT2D eigenvalue weighted by atomic mass is 16.5. The van der Waals surface area contributed by atoms with E-state index in [2.05, 4.69) is 15.2 Å². The van der Waals surface area contributed by atoms with Crippen molar-refractivity contribution in [2.24, 2.45) is 0 Å². The van der Waals surface area contributed by atoms with Crippen molar-refractivity contribution in [3.8, 4) is 5.88 Å². The average molecular weight is 308 g/mol. The first kappa shape index (κ1) is 15.5. The van der Waals surface area contributed by atoms with Gasteiger partial charge in [-0.05, 0) is 25.7 Å². The second-order valence-corrected chi connectivity index (χ2v) is 5.85. The SMILES string of the molecule is OCC(O)COc1nc(N2CCNCC2)nc2c1CCCC2. The number of aryl methyl sites for hydroxylation is 1. The van der Waals surface area contributed by atoms with Crippen molar-refractivity contribution in [3.63, 3.8) is 0 Å². The quantitative estimate of drug-likeness (QED) is 0.675. The Kier molecular flexibility index (Phi) is 5.07. The van der Waals surface area contributed by atoms with Gasteiger partial charge in [0.05, 0.1) is 12.3 Å². The number of rotatable bonds is 5. The molecule has 1 aromatic heterocycles. The number of nitrogens with zero attached hydrogens (tertiary/aromatic N) is 3. The minimum atomic E-state index is -0.878. The molecule has 1 aliphatic heterocycles. The standard InChI is InChI=1S/C15H24N4O3/c20-9-11(21)10-22-14-12-3-1-2-4-13(12)17-15(18-14)19-7-5-16-6-8-19/h11,16,20-21H,1-10H2. The van der Waals surface area contributed by atoms with Crippen LogP contribution in [0.2, 0.25) is 0 Å². The highest BCUT2D eigenvalue weighted by molar-refractivity contribution is 5.42. The molecule has 2 heterocycles. The number of piperazine rings is 1. The maximum Gasteiger partial charge on any atom is 0.228 e. The third kappa shape index (κ3) is 3.48. The summed E-state index contributed by atoms with van der Waals surface area (Å²) in [7, 11) is 0. The molecule has 0 radical (unpaired) electrons. The number of hydrogen-bond acceptors (Lipinski definition) is 7. The van der Waals surface area contributed by atoms with E-state index in [0.717, 1.165) is 69.1 Å². The molecule has 1 aromatic rings. The van der Waals surface area contributed by atoms with Gasteiger partial charge < -0.3 is 25.2 Å². The number of aliphatic hydroxyl groups excluding tert-OH is 2. The molecule has 0 bridgehead atoms. The summed E-state index contributed by atoms with van der Waals surface area (Å²) in [4.78, 5) is 11.5. The molecular weight excluding hydrogens is 284 g/mol. The van der Waals surface area contributed by atoms with Crippen LogP contribution < -0.4 is 15.0 Å². The first-order valence-electron chi connectivity index (χ1n) is 8.05. The van der Waals surface area contributed by atoms with Crippen LogP contribution in [-0.4, -0.2) is 65.7 Å². The fourth-order valence-electron chi connectivity index (χ4n) is 2.90. The van der Waals surface area contributed by atoms with Gasteiger partial charge in [0.2, 0.25) is 11.8 Å². The van der Waals surface area contributed by atoms with Crippen LogP contribution in [0.15, 0.2) is 0 Å². The summed E-state index contributed by atoms with van der Waals surface area (Å²) in [6.07, 6.45) is 3.25. The van der Waals surface area contributed by atoms with Crippen molar-refractivity contribution in [2.75, 3.05) is 44.3 Å². The highest BCUT2D eigenvalue weighted by Gasteiger charge is 2.22. The summed E-state index contributed by atoms with van der Waals surface area (Å²) in [6, 6.07) is 0. The lowest BCUT2D eigenvalue weighted by atomic mass is 9.97. The molecule has 0 saturated carbocycles. The topological polar surface area (TPSA) is 90.7 Å². The third-order valence-electron chi connectivity index (χ3n) is 4.16. The van der Waals surface area contributed by atoms with Gasteiger partial charge in [-0.1, -0.05) is 0 Å². The van der Waals surface area contributed by atoms with Crippen LogP contribution in [0.1, 0.15) is 24.1 Å². The second kappa shape index (κ2) is 7.21. The summed E-state index contributed by atoms with van der Waals surface area (Å²) in [6.45, 7) is 3.38. The van der Waals surface area contributed by atoms with Crippen LogP contribution in [0.5, 0.6) is 5.88 Å². The first-order chi connectivity index (χ1) is 10.8. The largest absolute Gasteiger partial charge is 0.474 e. The summed E-state index contributed by atoms with van der Waals surface area (Å²) < 4.78 is 5.69. The van der Waals surface area contributed by atoms with Gasteiger partial charge in [0, 0.05) is 31.7 Å². The van der Waals surface area contributed by atoms with E-state index in [1.54, 1.807) is 0 Å². The van der Waals surface area contributed by atoms with Crippen LogP contribution in [-0.2, 0) is 12.8 Å². The highest BCUT2D eigenvalue weighted by Crippen LogP contribution is 2.29. The van der Waals surface area contributed by atoms with Gasteiger partial charge in [-0.3, -0.25) is 0 Å². The molecule has 7 nitrogen and oxygen atoms in total. The lowest BCUT2D eigenvalue weighted by Crippen LogP contribution is -2.44. The van der Waals surface area contributed by atoms with Crippen molar-refractivity contribution in [3.05, 3.63) is 11.3 Å². The van der Waals surface area contributed by atoms with Gasteiger partial charge in [0.1, 0.15) is 12.7 Å². The fourth-order valence-corrected chi connectivity index (χ4v) is 2.90. The Balaban J connectivity index is 1.84. The van der Waals surface area contributed by atoms with Crippen LogP contribution in [0.25, 0.3) is 0 Å². The summed E-state index contributed by atoms with van der Waals surface area (Å²) in [5.41, 5.74) is 2.14. The van der Waals surface area contributed by atoms with E-state index in [0.29, 0.717) is 5.88 Å². The van der Waals surface area contributed by atoms with E-state index in [1.165, 1.54) is 0 Å². The van der Waals surface area contributed by atoms with Crippen molar-refractivity contribution in [1.82, 2.24) is 15.3 Å². The number of hydrogen-bond donors (Lipinski definition) is 3. The smallest absolute Gasteiger partial charge is 0.228 e. The Morgan fingerprint density at radius 1 is 1.18 bits per heavy atom. The Hall–Kier alpha value is -1.44. The molecular formula is C15H24N4O3. The molecule has 7 heteroatoms. The van der Waals surface area contributed by atoms with Gasteiger partial charge >= 0.3 is 0 Å². The fraction of sp³-hybridized carbons (Fsp3) is 0.733. The van der Waals surface area contributed by atoms with Crippen LogP contribution in [0.3, 0.4) is 0 Å². The number of aromatic nitrogens is 2. The number of nitrogens with one attached hydrogen (secondary N) is 1. The molecule has 0 aromatic carbocycles. The lowest BCUT2D eigenvalue weighted by Gasteiger charge is -2.29. The maximum absolute atomic E-state index is 9.50. The van der Waals surface area contributed by atoms with Crippen molar-refractivity contribution < 1.29 is 14.9 Å². The van der Waals surface area contributed by atoms with E-state index in [1.807, 2.05) is 0 Å². The minimum absolute atomic E-state index is 0.0565. The van der Waals surface area contributed by atoms with Gasteiger partial charge in [0.15, 0.2) is 0 Å². The monoisotopic (exact) mass is 308 g/mol. The Labute approximate surface area is 130 Å². The average Bonchev–Trinajstić information content (AvgIpc) is 2.59. The minimum Gasteiger partial charge on any atom is -0.474 e. The molecule has 3 N–H and O–H groups in total. The number of ether oxygens (including phenoxy) is 1. The van der Waals surface area contributed by atoms with Crippen molar-refractivity contribution >= 4 is 5.95 Å². The van der Waals surface area contributed by atoms with E-state index in [-0.39, 0.29) is 13.2 Å². The van der Waals surface area contributed by atoms with E-state index in [4.69, 9.17) is 14.8 Å². The zero-order valence-electron chi connectivity index (χ0n) is 12.8. The second-order valence-electron chi connectivity index (χ2n) is 5.85. The number of fused-ring (bicyclic) bond motifs is 1. The van der Waals surface area contributed by atoms with Crippen LogP contribution in [0, 0.1) is 0 Å². The molecule has 0 amide bonds. The molecule has 1 saturated heterocycles. The predicted molar refractivity (Wildman–Crippen MR) is 82.3 cm³/mol. The Morgan fingerprint density at radius 3 is 2.73 bits per heavy atom. The number of anilines is 1. The molecule has 1 aliphatic carbocycles. The molecule has 1 fully saturated rings. The lowest BCUT2D eigenvalue weighted by molar-refractivity contribution is 0.0516. The van der Waals surface area contributed by atoms with Gasteiger partial charge in [-0.2, -0.15) is 4.98 Å². The van der Waals surface area contributed by atoms with E-state index in [9.17, 15) is 5.11 Å². The van der Waals surface area contributed by atoms with Gasteiger partial charge in [0.25, 0.3) is 0 Å². The zero-order valence-corrected chi connectivity index (χ0v) is 12.8. The van der Waals surface area contributed by atoms with E-state index >= 15 is 0 Å². The summed E-state index contributed by atoms with van der Waals surface area (Å²) >= 11 is 0. The number of aliphatic hydroxyl groups is 2. The van der Waals surface area contributed by atoms with Crippen molar-refractivity contribution in [1.29, 1.82) is 0 Å². The van der Waals surface area contributed by atoms with Crippen LogP contribution in [0.4, 0.5) is 5.95 Å². The van der Waals surface area contributed by atoms with Gasteiger partial charge in [-0.25, -0.2) is 4.98 Å². The molecule has 1 unspecified atom stereocenters. The predicted octanol–water partition coefficient (Wildman–Crippen LogP) is -0.503.